The van der Waals surface area contributed by atoms with Gasteiger partial charge in [0.2, 0.25) is 5.78 Å². The molecule has 1 aliphatic heterocycles. The van der Waals surface area contributed by atoms with Crippen LogP contribution in [0.25, 0.3) is 6.08 Å². The van der Waals surface area contributed by atoms with Gasteiger partial charge in [-0.05, 0) is 42.5 Å². The Bertz CT molecular complexity index is 1150. The molecule has 0 bridgehead atoms. The van der Waals surface area contributed by atoms with E-state index in [1.165, 1.54) is 25.6 Å². The van der Waals surface area contributed by atoms with Gasteiger partial charge in [-0.2, -0.15) is 0 Å². The second-order valence-electron chi connectivity index (χ2n) is 6.33. The van der Waals surface area contributed by atoms with Gasteiger partial charge in [-0.3, -0.25) is 9.78 Å². The van der Waals surface area contributed by atoms with Crippen LogP contribution in [0.3, 0.4) is 0 Å². The number of ketones is 1. The molecule has 0 fully saturated rings. The molecular weight excluding hydrogens is 386 g/mol. The van der Waals surface area contributed by atoms with Gasteiger partial charge in [0.15, 0.2) is 5.76 Å². The van der Waals surface area contributed by atoms with Crippen molar-refractivity contribution in [2.75, 3.05) is 14.2 Å². The van der Waals surface area contributed by atoms with E-state index in [1.54, 1.807) is 55.7 Å². The minimum Gasteiger partial charge on any atom is -0.497 e. The lowest BCUT2D eigenvalue weighted by Gasteiger charge is -2.08. The fourth-order valence-corrected chi connectivity index (χ4v) is 2.96. The first-order valence-electron chi connectivity index (χ1n) is 9.01. The number of ether oxygens (including phenoxy) is 4. The number of carbonyl (C=O) groups is 2. The van der Waals surface area contributed by atoms with Crippen molar-refractivity contribution in [1.29, 1.82) is 0 Å². The number of fused-ring (bicyclic) bond motifs is 1. The molecule has 0 saturated heterocycles. The van der Waals surface area contributed by atoms with Crippen molar-refractivity contribution in [3.05, 3.63) is 83.4 Å². The summed E-state index contributed by atoms with van der Waals surface area (Å²) in [7, 11) is 3.10. The van der Waals surface area contributed by atoms with Crippen LogP contribution in [0.2, 0.25) is 0 Å². The van der Waals surface area contributed by atoms with Crippen LogP contribution < -0.4 is 18.9 Å². The first-order valence-corrected chi connectivity index (χ1v) is 9.01. The van der Waals surface area contributed by atoms with Gasteiger partial charge in [0.1, 0.15) is 23.0 Å². The Morgan fingerprint density at radius 1 is 0.967 bits per heavy atom. The molecular formula is C23H17NO6. The maximum absolute atomic E-state index is 12.7. The second-order valence-corrected chi connectivity index (χ2v) is 6.33. The summed E-state index contributed by atoms with van der Waals surface area (Å²) in [4.78, 5) is 28.8. The van der Waals surface area contributed by atoms with Gasteiger partial charge in [0.05, 0.1) is 25.3 Å². The van der Waals surface area contributed by atoms with Crippen molar-refractivity contribution in [3.8, 4) is 23.0 Å². The van der Waals surface area contributed by atoms with Crippen molar-refractivity contribution in [2.24, 2.45) is 0 Å². The van der Waals surface area contributed by atoms with Crippen molar-refractivity contribution in [2.45, 2.75) is 0 Å². The van der Waals surface area contributed by atoms with Gasteiger partial charge in [-0.1, -0.05) is 0 Å². The SMILES string of the molecule is COc1ccc(/C=C2\Oc3cc(OC(=O)c4ccncc4)ccc3C2=O)c(OC)c1. The standard InChI is InChI=1S/C23H17NO6/c1-27-16-4-3-15(19(12-16)28-2)11-21-22(25)18-6-5-17(13-20(18)30-21)29-23(26)14-7-9-24-10-8-14/h3-13H,1-2H3/b21-11-. The molecule has 4 rings (SSSR count). The highest BCUT2D eigenvalue weighted by Gasteiger charge is 2.28. The van der Waals surface area contributed by atoms with Gasteiger partial charge < -0.3 is 18.9 Å². The number of carbonyl (C=O) groups excluding carboxylic acids is 2. The lowest BCUT2D eigenvalue weighted by atomic mass is 10.1. The van der Waals surface area contributed by atoms with Crippen LogP contribution in [0.15, 0.2) is 66.7 Å². The first kappa shape index (κ1) is 19.2. The van der Waals surface area contributed by atoms with Crippen molar-refractivity contribution in [3.63, 3.8) is 0 Å². The summed E-state index contributed by atoms with van der Waals surface area (Å²) in [5.74, 6) is 1.12. The van der Waals surface area contributed by atoms with Gasteiger partial charge >= 0.3 is 5.97 Å². The number of benzene rings is 2. The Morgan fingerprint density at radius 3 is 2.47 bits per heavy atom. The quantitative estimate of drug-likeness (QED) is 0.362. The number of methoxy groups -OCH3 is 2. The zero-order chi connectivity index (χ0) is 21.1. The molecule has 0 aliphatic carbocycles. The number of pyridine rings is 1. The molecule has 30 heavy (non-hydrogen) atoms. The molecule has 0 N–H and O–H groups in total. The molecule has 0 unspecified atom stereocenters. The molecule has 0 atom stereocenters. The number of hydrogen-bond donors (Lipinski definition) is 0. The molecule has 7 heteroatoms. The molecule has 0 spiro atoms. The van der Waals surface area contributed by atoms with Crippen LogP contribution in [0, 0.1) is 0 Å². The van der Waals surface area contributed by atoms with E-state index in [2.05, 4.69) is 4.98 Å². The molecule has 0 saturated carbocycles. The van der Waals surface area contributed by atoms with E-state index in [-0.39, 0.29) is 17.3 Å². The zero-order valence-corrected chi connectivity index (χ0v) is 16.2. The van der Waals surface area contributed by atoms with E-state index in [0.717, 1.165) is 0 Å². The van der Waals surface area contributed by atoms with Crippen LogP contribution in [-0.2, 0) is 0 Å². The monoisotopic (exact) mass is 403 g/mol. The molecule has 7 nitrogen and oxygen atoms in total. The van der Waals surface area contributed by atoms with Gasteiger partial charge in [0, 0.05) is 30.1 Å². The van der Waals surface area contributed by atoms with Crippen LogP contribution in [0.5, 0.6) is 23.0 Å². The summed E-state index contributed by atoms with van der Waals surface area (Å²) in [6.45, 7) is 0. The third-order valence-corrected chi connectivity index (χ3v) is 4.50. The van der Waals surface area contributed by atoms with E-state index >= 15 is 0 Å². The van der Waals surface area contributed by atoms with Crippen LogP contribution >= 0.6 is 0 Å². The van der Waals surface area contributed by atoms with Crippen LogP contribution in [-0.4, -0.2) is 31.0 Å². The topological polar surface area (TPSA) is 84.0 Å². The zero-order valence-electron chi connectivity index (χ0n) is 16.2. The molecule has 2 heterocycles. The van der Waals surface area contributed by atoms with E-state index in [9.17, 15) is 9.59 Å². The molecule has 0 amide bonds. The molecule has 1 aliphatic rings. The summed E-state index contributed by atoms with van der Waals surface area (Å²) in [5.41, 5.74) is 1.42. The Labute approximate surface area is 172 Å². The number of allylic oxidation sites excluding steroid dienone is 1. The predicted octanol–water partition coefficient (Wildman–Crippen LogP) is 3.93. The maximum atomic E-state index is 12.7. The minimum atomic E-state index is -0.527. The lowest BCUT2D eigenvalue weighted by molar-refractivity contribution is 0.0734. The lowest BCUT2D eigenvalue weighted by Crippen LogP contribution is -2.08. The predicted molar refractivity (Wildman–Crippen MR) is 108 cm³/mol. The number of nitrogens with zero attached hydrogens (tertiary/aromatic N) is 1. The summed E-state index contributed by atoms with van der Waals surface area (Å²) in [6, 6.07) is 13.0. The van der Waals surface area contributed by atoms with E-state index in [4.69, 9.17) is 18.9 Å². The normalized spacial score (nSPS) is 13.5. The Hall–Kier alpha value is -4.13. The first-order chi connectivity index (χ1) is 14.6. The molecule has 2 aromatic carbocycles. The minimum absolute atomic E-state index is 0.145. The van der Waals surface area contributed by atoms with E-state index < -0.39 is 5.97 Å². The fraction of sp³-hybridized carbons (Fsp3) is 0.0870. The number of hydrogen-bond acceptors (Lipinski definition) is 7. The number of rotatable bonds is 5. The van der Waals surface area contributed by atoms with Crippen LogP contribution in [0.4, 0.5) is 0 Å². The van der Waals surface area contributed by atoms with Gasteiger partial charge in [-0.25, -0.2) is 4.79 Å². The molecule has 0 radical (unpaired) electrons. The van der Waals surface area contributed by atoms with E-state index in [0.29, 0.717) is 33.9 Å². The van der Waals surface area contributed by atoms with E-state index in [1.807, 2.05) is 0 Å². The molecule has 3 aromatic rings. The van der Waals surface area contributed by atoms with Crippen LogP contribution in [0.1, 0.15) is 26.3 Å². The molecule has 1 aromatic heterocycles. The largest absolute Gasteiger partial charge is 0.497 e. The fourth-order valence-electron chi connectivity index (χ4n) is 2.96. The van der Waals surface area contributed by atoms with Gasteiger partial charge in [-0.15, -0.1) is 0 Å². The summed E-state index contributed by atoms with van der Waals surface area (Å²) in [5, 5.41) is 0. The third-order valence-electron chi connectivity index (χ3n) is 4.50. The summed E-state index contributed by atoms with van der Waals surface area (Å²) >= 11 is 0. The third kappa shape index (κ3) is 3.73. The number of Topliss-reactive ketones (excluding diaryl/α,β-unsaturated/α-hetero) is 1. The number of aromatic nitrogens is 1. The summed E-state index contributed by atoms with van der Waals surface area (Å²) < 4.78 is 21.6. The number of esters is 1. The Balaban J connectivity index is 1.58. The average molecular weight is 403 g/mol. The van der Waals surface area contributed by atoms with Crippen molar-refractivity contribution >= 4 is 17.8 Å². The average Bonchev–Trinajstić information content (AvgIpc) is 3.09. The smallest absolute Gasteiger partial charge is 0.343 e. The van der Waals surface area contributed by atoms with Gasteiger partial charge in [0.25, 0.3) is 0 Å². The Kier molecular flexibility index (Phi) is 5.17. The second kappa shape index (κ2) is 8.08. The highest BCUT2D eigenvalue weighted by Crippen LogP contribution is 2.36. The van der Waals surface area contributed by atoms with Crippen molar-refractivity contribution in [1.82, 2.24) is 4.98 Å². The highest BCUT2D eigenvalue weighted by molar-refractivity contribution is 6.14. The van der Waals surface area contributed by atoms with Crippen molar-refractivity contribution < 1.29 is 28.5 Å². The Morgan fingerprint density at radius 2 is 1.73 bits per heavy atom. The summed E-state index contributed by atoms with van der Waals surface area (Å²) in [6.07, 6.45) is 4.61. The molecule has 150 valence electrons. The maximum Gasteiger partial charge on any atom is 0.343 e. The highest BCUT2D eigenvalue weighted by atomic mass is 16.5.